The van der Waals surface area contributed by atoms with Crippen LogP contribution in [0.15, 0.2) is 54.2 Å². The normalized spacial score (nSPS) is 16.7. The monoisotopic (exact) mass is 591 g/mol. The summed E-state index contributed by atoms with van der Waals surface area (Å²) in [6.07, 6.45) is 4.30. The molecule has 5 heterocycles. The van der Waals surface area contributed by atoms with Gasteiger partial charge in [-0.3, -0.25) is 14.4 Å². The molecule has 2 amide bonds. The number of phenolic OH excluding ortho intramolecular Hbond substituents is 1. The zero-order valence-corrected chi connectivity index (χ0v) is 23.8. The topological polar surface area (TPSA) is 117 Å². The van der Waals surface area contributed by atoms with Crippen molar-refractivity contribution in [1.29, 1.82) is 0 Å². The summed E-state index contributed by atoms with van der Waals surface area (Å²) in [6, 6.07) is 4.57. The summed E-state index contributed by atoms with van der Waals surface area (Å²) in [6.45, 7) is 8.05. The molecular weight excluding hydrogens is 565 g/mol. The number of benzene rings is 1. The lowest BCUT2D eigenvalue weighted by Crippen LogP contribution is -2.63. The predicted molar refractivity (Wildman–Crippen MR) is 157 cm³/mol. The molecule has 2 aliphatic heterocycles. The number of carbonyl (C=O) groups excluding carboxylic acids is 2. The van der Waals surface area contributed by atoms with Crippen LogP contribution in [0.25, 0.3) is 28.1 Å². The number of anilines is 2. The standard InChI is InChI=1S/C29H27ClFN7O4/c1-5-22(40)35-9-10-36-19(13-35)28(41)34(4)26-25(36)16-11-17(30)24(23-18(31)7-6-8-20(23)39)33-27(16)38(29(26)42)21-12-32-14-37(21)15(2)3/h5-8,11-12,14-15,19,39H,1,9-10,13H2,2-4H3/t19-/m1/s1. The highest BCUT2D eigenvalue weighted by Gasteiger charge is 2.44. The van der Waals surface area contributed by atoms with Crippen LogP contribution in [0, 0.1) is 5.82 Å². The molecule has 3 aromatic heterocycles. The van der Waals surface area contributed by atoms with Crippen molar-refractivity contribution >= 4 is 45.8 Å². The second-order valence-corrected chi connectivity index (χ2v) is 10.9. The third kappa shape index (κ3) is 3.97. The summed E-state index contributed by atoms with van der Waals surface area (Å²) >= 11 is 6.74. The molecule has 1 N–H and O–H groups in total. The minimum atomic E-state index is -0.770. The number of piperazine rings is 1. The maximum absolute atomic E-state index is 15.0. The predicted octanol–water partition coefficient (Wildman–Crippen LogP) is 3.51. The van der Waals surface area contributed by atoms with E-state index in [2.05, 4.69) is 11.6 Å². The third-order valence-corrected chi connectivity index (χ3v) is 8.11. The van der Waals surface area contributed by atoms with E-state index in [1.165, 1.54) is 47.0 Å². The van der Waals surface area contributed by atoms with Crippen molar-refractivity contribution in [3.8, 4) is 22.8 Å². The van der Waals surface area contributed by atoms with Crippen molar-refractivity contribution < 1.29 is 19.1 Å². The second-order valence-electron chi connectivity index (χ2n) is 10.5. The maximum atomic E-state index is 15.0. The van der Waals surface area contributed by atoms with Crippen LogP contribution in [0.5, 0.6) is 5.75 Å². The summed E-state index contributed by atoms with van der Waals surface area (Å²) in [5, 5.41) is 11.0. The number of nitrogens with zero attached hydrogens (tertiary/aromatic N) is 7. The average Bonchev–Trinajstić information content (AvgIpc) is 3.45. The van der Waals surface area contributed by atoms with Crippen LogP contribution < -0.4 is 15.4 Å². The van der Waals surface area contributed by atoms with Gasteiger partial charge < -0.3 is 24.4 Å². The fraction of sp³-hybridized carbons (Fsp3) is 0.276. The number of hydrogen-bond acceptors (Lipinski definition) is 7. The lowest BCUT2D eigenvalue weighted by Gasteiger charge is -2.47. The third-order valence-electron chi connectivity index (χ3n) is 7.82. The van der Waals surface area contributed by atoms with Gasteiger partial charge in [0.05, 0.1) is 41.0 Å². The molecule has 1 saturated heterocycles. The van der Waals surface area contributed by atoms with Crippen LogP contribution in [-0.2, 0) is 9.59 Å². The van der Waals surface area contributed by atoms with E-state index < -0.39 is 17.4 Å². The number of imidazole rings is 1. The molecule has 0 unspecified atom stereocenters. The molecule has 1 atom stereocenters. The molecule has 0 bridgehead atoms. The van der Waals surface area contributed by atoms with Gasteiger partial charge in [0.2, 0.25) is 5.91 Å². The van der Waals surface area contributed by atoms with Crippen molar-refractivity contribution in [2.24, 2.45) is 0 Å². The number of halogens is 2. The van der Waals surface area contributed by atoms with Gasteiger partial charge in [-0.15, -0.1) is 0 Å². The molecule has 6 rings (SSSR count). The lowest BCUT2D eigenvalue weighted by molar-refractivity contribution is -0.128. The van der Waals surface area contributed by atoms with Crippen LogP contribution in [0.1, 0.15) is 19.9 Å². The van der Waals surface area contributed by atoms with Crippen LogP contribution >= 0.6 is 11.6 Å². The largest absolute Gasteiger partial charge is 0.507 e. The molecule has 4 aromatic rings. The summed E-state index contributed by atoms with van der Waals surface area (Å²) in [5.74, 6) is -1.37. The van der Waals surface area contributed by atoms with E-state index in [-0.39, 0.29) is 64.3 Å². The fourth-order valence-electron chi connectivity index (χ4n) is 5.78. The number of carbonyl (C=O) groups is 2. The first-order valence-corrected chi connectivity index (χ1v) is 13.7. The molecule has 0 spiro atoms. The number of hydrogen-bond donors (Lipinski definition) is 1. The first kappa shape index (κ1) is 27.5. The lowest BCUT2D eigenvalue weighted by atomic mass is 10.0. The zero-order chi connectivity index (χ0) is 30.0. The number of fused-ring (bicyclic) bond motifs is 5. The van der Waals surface area contributed by atoms with E-state index in [9.17, 15) is 19.5 Å². The maximum Gasteiger partial charge on any atom is 0.284 e. The first-order valence-electron chi connectivity index (χ1n) is 13.3. The molecule has 1 aromatic carbocycles. The number of rotatable bonds is 4. The first-order chi connectivity index (χ1) is 20.0. The summed E-state index contributed by atoms with van der Waals surface area (Å²) in [5.41, 5.74) is -0.130. The Hall–Kier alpha value is -4.71. The van der Waals surface area contributed by atoms with Crippen LogP contribution in [0.4, 0.5) is 15.8 Å². The molecule has 42 heavy (non-hydrogen) atoms. The van der Waals surface area contributed by atoms with Crippen molar-refractivity contribution in [3.63, 3.8) is 0 Å². The SMILES string of the molecule is C=CC(=O)N1CCN2c3c(c(=O)n(-c4cncn4C(C)C)c4nc(-c5c(O)cccc5F)c(Cl)cc34)N(C)C(=O)[C@H]2C1. The van der Waals surface area contributed by atoms with E-state index in [1.807, 2.05) is 13.8 Å². The highest BCUT2D eigenvalue weighted by molar-refractivity contribution is 6.34. The van der Waals surface area contributed by atoms with Gasteiger partial charge in [0.25, 0.3) is 11.5 Å². The van der Waals surface area contributed by atoms with Gasteiger partial charge in [-0.2, -0.15) is 0 Å². The quantitative estimate of drug-likeness (QED) is 0.361. The van der Waals surface area contributed by atoms with Crippen LogP contribution in [0.2, 0.25) is 5.02 Å². The molecule has 0 radical (unpaired) electrons. The van der Waals surface area contributed by atoms with E-state index in [1.54, 1.807) is 26.8 Å². The number of amides is 2. The zero-order valence-electron chi connectivity index (χ0n) is 23.1. The van der Waals surface area contributed by atoms with Gasteiger partial charge in [-0.1, -0.05) is 24.2 Å². The minimum Gasteiger partial charge on any atom is -0.507 e. The van der Waals surface area contributed by atoms with Crippen molar-refractivity contribution in [1.82, 2.24) is 24.0 Å². The van der Waals surface area contributed by atoms with Gasteiger partial charge in [-0.05, 0) is 38.1 Å². The Bertz CT molecular complexity index is 1850. The molecular formula is C29H27ClFN7O4. The summed E-state index contributed by atoms with van der Waals surface area (Å²) < 4.78 is 18.1. The molecule has 11 nitrogen and oxygen atoms in total. The van der Waals surface area contributed by atoms with E-state index >= 15 is 4.39 Å². The van der Waals surface area contributed by atoms with Gasteiger partial charge in [0, 0.05) is 31.6 Å². The number of phenols is 1. The Morgan fingerprint density at radius 2 is 2.00 bits per heavy atom. The van der Waals surface area contributed by atoms with Gasteiger partial charge >= 0.3 is 0 Å². The number of pyridine rings is 2. The molecule has 1 fully saturated rings. The number of aromatic hydroxyl groups is 1. The van der Waals surface area contributed by atoms with Crippen LogP contribution in [0.3, 0.4) is 0 Å². The highest BCUT2D eigenvalue weighted by Crippen LogP contribution is 2.44. The van der Waals surface area contributed by atoms with E-state index in [0.717, 1.165) is 0 Å². The molecule has 216 valence electrons. The van der Waals surface area contributed by atoms with Gasteiger partial charge in [-0.25, -0.2) is 18.9 Å². The molecule has 0 saturated carbocycles. The Morgan fingerprint density at radius 1 is 1.24 bits per heavy atom. The van der Waals surface area contributed by atoms with Gasteiger partial charge in [0.1, 0.15) is 29.1 Å². The molecule has 0 aliphatic carbocycles. The number of aromatic nitrogens is 4. The minimum absolute atomic E-state index is 0.0317. The van der Waals surface area contributed by atoms with Crippen LogP contribution in [-0.4, -0.2) is 73.6 Å². The highest BCUT2D eigenvalue weighted by atomic mass is 35.5. The average molecular weight is 592 g/mol. The molecule has 13 heteroatoms. The Balaban J connectivity index is 1.71. The summed E-state index contributed by atoms with van der Waals surface area (Å²) in [7, 11) is 1.52. The van der Waals surface area contributed by atoms with Crippen molar-refractivity contribution in [2.45, 2.75) is 25.9 Å². The smallest absolute Gasteiger partial charge is 0.284 e. The summed E-state index contributed by atoms with van der Waals surface area (Å²) in [4.78, 5) is 54.1. The van der Waals surface area contributed by atoms with Crippen molar-refractivity contribution in [2.75, 3.05) is 36.5 Å². The van der Waals surface area contributed by atoms with E-state index in [0.29, 0.717) is 23.4 Å². The Labute approximate surface area is 244 Å². The Morgan fingerprint density at radius 3 is 2.69 bits per heavy atom. The second kappa shape index (κ2) is 9.98. The molecule has 2 aliphatic rings. The van der Waals surface area contributed by atoms with Crippen molar-refractivity contribution in [3.05, 3.63) is 70.6 Å². The fourth-order valence-corrected chi connectivity index (χ4v) is 6.02. The number of likely N-dealkylation sites (N-methyl/N-ethyl adjacent to an activating group) is 1. The van der Waals surface area contributed by atoms with Gasteiger partial charge in [0.15, 0.2) is 5.65 Å². The Kier molecular flexibility index (Phi) is 6.53. The van der Waals surface area contributed by atoms with E-state index in [4.69, 9.17) is 16.6 Å².